The van der Waals surface area contributed by atoms with Gasteiger partial charge in [0.2, 0.25) is 0 Å². The van der Waals surface area contributed by atoms with E-state index in [9.17, 15) is 0 Å². The Bertz CT molecular complexity index is 285. The van der Waals surface area contributed by atoms with E-state index in [1.807, 2.05) is 26.2 Å². The number of hydrogen-bond donors (Lipinski definition) is 2. The molecule has 0 aliphatic rings. The molecule has 1 aromatic rings. The molecule has 0 aliphatic heterocycles. The highest BCUT2D eigenvalue weighted by Gasteiger charge is 2.07. The lowest BCUT2D eigenvalue weighted by molar-refractivity contribution is 0.520. The lowest BCUT2D eigenvalue weighted by atomic mass is 10.2. The maximum Gasteiger partial charge on any atom is 0.0831 e. The largest absolute Gasteiger partial charge is 0.301 e. The van der Waals surface area contributed by atoms with Crippen molar-refractivity contribution in [1.82, 2.24) is 10.6 Å². The average Bonchev–Trinajstić information content (AvgIpc) is 2.13. The summed E-state index contributed by atoms with van der Waals surface area (Å²) in [7, 11) is 3.76. The fourth-order valence-corrected chi connectivity index (χ4v) is 1.48. The van der Waals surface area contributed by atoms with E-state index in [2.05, 4.69) is 10.6 Å². The Kier molecular flexibility index (Phi) is 4.00. The zero-order valence-electron chi connectivity index (χ0n) is 7.57. The van der Waals surface area contributed by atoms with Crippen LogP contribution in [-0.2, 0) is 0 Å². The van der Waals surface area contributed by atoms with Gasteiger partial charge in [0.1, 0.15) is 0 Å². The second kappa shape index (κ2) is 4.82. The quantitative estimate of drug-likeness (QED) is 0.763. The first-order valence-electron chi connectivity index (χ1n) is 3.98. The van der Waals surface area contributed by atoms with Crippen molar-refractivity contribution in [3.05, 3.63) is 33.8 Å². The monoisotopic (exact) mass is 218 g/mol. The van der Waals surface area contributed by atoms with Gasteiger partial charge in [-0.2, -0.15) is 0 Å². The molecule has 0 atom stereocenters. The van der Waals surface area contributed by atoms with Crippen LogP contribution in [0, 0.1) is 0 Å². The fraction of sp³-hybridized carbons (Fsp3) is 0.333. The molecule has 0 saturated heterocycles. The minimum atomic E-state index is 0.106. The Hall–Kier alpha value is -0.280. The van der Waals surface area contributed by atoms with Crippen LogP contribution in [0.25, 0.3) is 0 Å². The minimum absolute atomic E-state index is 0.106. The van der Waals surface area contributed by atoms with Gasteiger partial charge in [-0.25, -0.2) is 0 Å². The summed E-state index contributed by atoms with van der Waals surface area (Å²) >= 11 is 11.7. The molecule has 0 saturated carbocycles. The molecule has 0 aromatic heterocycles. The van der Waals surface area contributed by atoms with Gasteiger partial charge < -0.3 is 10.6 Å². The number of rotatable bonds is 3. The summed E-state index contributed by atoms with van der Waals surface area (Å²) in [5.74, 6) is 0. The van der Waals surface area contributed by atoms with Gasteiger partial charge in [-0.05, 0) is 31.8 Å². The molecule has 72 valence electrons. The van der Waals surface area contributed by atoms with Gasteiger partial charge in [-0.15, -0.1) is 0 Å². The molecule has 0 fully saturated rings. The van der Waals surface area contributed by atoms with Crippen LogP contribution in [0.3, 0.4) is 0 Å². The van der Waals surface area contributed by atoms with Gasteiger partial charge in [-0.3, -0.25) is 0 Å². The normalized spacial score (nSPS) is 10.8. The van der Waals surface area contributed by atoms with Gasteiger partial charge in [0.15, 0.2) is 0 Å². The van der Waals surface area contributed by atoms with Crippen molar-refractivity contribution in [3.8, 4) is 0 Å². The van der Waals surface area contributed by atoms with Crippen LogP contribution in [0.2, 0.25) is 10.0 Å². The van der Waals surface area contributed by atoms with Crippen LogP contribution >= 0.6 is 23.2 Å². The molecule has 0 amide bonds. The predicted octanol–water partition coefficient (Wildman–Crippen LogP) is 2.43. The average molecular weight is 219 g/mol. The maximum atomic E-state index is 5.88. The highest BCUT2D eigenvalue weighted by Crippen LogP contribution is 2.24. The highest BCUT2D eigenvalue weighted by atomic mass is 35.5. The molecule has 0 bridgehead atoms. The molecular formula is C9H12Cl2N2. The molecular weight excluding hydrogens is 207 g/mol. The van der Waals surface area contributed by atoms with Crippen molar-refractivity contribution in [2.45, 2.75) is 6.17 Å². The smallest absolute Gasteiger partial charge is 0.0831 e. The molecule has 2 N–H and O–H groups in total. The van der Waals surface area contributed by atoms with Gasteiger partial charge >= 0.3 is 0 Å². The predicted molar refractivity (Wildman–Crippen MR) is 57.3 cm³/mol. The van der Waals surface area contributed by atoms with E-state index in [1.165, 1.54) is 0 Å². The van der Waals surface area contributed by atoms with Gasteiger partial charge in [0, 0.05) is 0 Å². The molecule has 1 rings (SSSR count). The number of hydrogen-bond acceptors (Lipinski definition) is 2. The Morgan fingerprint density at radius 1 is 1.08 bits per heavy atom. The van der Waals surface area contributed by atoms with Crippen molar-refractivity contribution in [1.29, 1.82) is 0 Å². The minimum Gasteiger partial charge on any atom is -0.301 e. The van der Waals surface area contributed by atoms with Crippen LogP contribution in [-0.4, -0.2) is 14.1 Å². The Morgan fingerprint density at radius 3 is 2.15 bits per heavy atom. The van der Waals surface area contributed by atoms with Crippen molar-refractivity contribution in [3.63, 3.8) is 0 Å². The third-order valence-corrected chi connectivity index (χ3v) is 2.59. The summed E-state index contributed by atoms with van der Waals surface area (Å²) in [6.07, 6.45) is 0.106. The van der Waals surface area contributed by atoms with Gasteiger partial charge in [0.25, 0.3) is 0 Å². The summed E-state index contributed by atoms with van der Waals surface area (Å²) in [6.45, 7) is 0. The summed E-state index contributed by atoms with van der Waals surface area (Å²) in [5.41, 5.74) is 1.07. The van der Waals surface area contributed by atoms with Crippen molar-refractivity contribution < 1.29 is 0 Å². The van der Waals surface area contributed by atoms with Crippen molar-refractivity contribution in [2.24, 2.45) is 0 Å². The summed E-state index contributed by atoms with van der Waals surface area (Å²) in [6, 6.07) is 5.58. The maximum absolute atomic E-state index is 5.88. The molecule has 0 spiro atoms. The molecule has 0 aliphatic carbocycles. The topological polar surface area (TPSA) is 24.1 Å². The van der Waals surface area contributed by atoms with E-state index >= 15 is 0 Å². The van der Waals surface area contributed by atoms with Crippen LogP contribution < -0.4 is 10.6 Å². The Morgan fingerprint density at radius 2 is 1.69 bits per heavy atom. The third kappa shape index (κ3) is 2.58. The molecule has 4 heteroatoms. The van der Waals surface area contributed by atoms with Crippen molar-refractivity contribution in [2.75, 3.05) is 14.1 Å². The van der Waals surface area contributed by atoms with E-state index < -0.39 is 0 Å². The van der Waals surface area contributed by atoms with Crippen LogP contribution in [0.1, 0.15) is 11.7 Å². The van der Waals surface area contributed by atoms with Crippen LogP contribution in [0.4, 0.5) is 0 Å². The fourth-order valence-electron chi connectivity index (χ4n) is 1.17. The van der Waals surface area contributed by atoms with E-state index in [1.54, 1.807) is 6.07 Å². The molecule has 1 aromatic carbocycles. The summed E-state index contributed by atoms with van der Waals surface area (Å²) < 4.78 is 0. The zero-order chi connectivity index (χ0) is 9.84. The van der Waals surface area contributed by atoms with Crippen LogP contribution in [0.5, 0.6) is 0 Å². The molecule has 0 radical (unpaired) electrons. The summed E-state index contributed by atoms with van der Waals surface area (Å²) in [5, 5.41) is 7.36. The SMILES string of the molecule is CNC(NC)c1ccc(Cl)c(Cl)c1. The summed E-state index contributed by atoms with van der Waals surface area (Å²) in [4.78, 5) is 0. The van der Waals surface area contributed by atoms with Gasteiger partial charge in [0.05, 0.1) is 16.2 Å². The molecule has 0 unspecified atom stereocenters. The molecule has 0 heterocycles. The van der Waals surface area contributed by atoms with E-state index in [0.717, 1.165) is 5.56 Å². The second-order valence-corrected chi connectivity index (χ2v) is 3.50. The van der Waals surface area contributed by atoms with Crippen molar-refractivity contribution >= 4 is 23.2 Å². The van der Waals surface area contributed by atoms with E-state index in [4.69, 9.17) is 23.2 Å². The second-order valence-electron chi connectivity index (χ2n) is 2.68. The van der Waals surface area contributed by atoms with E-state index in [-0.39, 0.29) is 6.17 Å². The first kappa shape index (κ1) is 10.8. The standard InChI is InChI=1S/C9H12Cl2N2/c1-12-9(13-2)6-3-4-7(10)8(11)5-6/h3-5,9,12-13H,1-2H3. The van der Waals surface area contributed by atoms with Gasteiger partial charge in [-0.1, -0.05) is 29.3 Å². The number of halogens is 2. The molecule has 2 nitrogen and oxygen atoms in total. The third-order valence-electron chi connectivity index (χ3n) is 1.85. The van der Waals surface area contributed by atoms with E-state index in [0.29, 0.717) is 10.0 Å². The molecule has 13 heavy (non-hydrogen) atoms. The zero-order valence-corrected chi connectivity index (χ0v) is 9.08. The first-order valence-corrected chi connectivity index (χ1v) is 4.74. The Balaban J connectivity index is 2.95. The lowest BCUT2D eigenvalue weighted by Gasteiger charge is -2.15. The van der Waals surface area contributed by atoms with Crippen LogP contribution in [0.15, 0.2) is 18.2 Å². The number of nitrogens with one attached hydrogen (secondary N) is 2. The lowest BCUT2D eigenvalue weighted by Crippen LogP contribution is -2.28. The Labute approximate surface area is 88.2 Å². The number of benzene rings is 1. The highest BCUT2D eigenvalue weighted by molar-refractivity contribution is 6.42. The first-order chi connectivity index (χ1) is 6.19.